The fraction of sp³-hybridized carbons (Fsp3) is 0.390. The average molecular weight is 1260 g/mol. The summed E-state index contributed by atoms with van der Waals surface area (Å²) in [5.41, 5.74) is 10.7. The van der Waals surface area contributed by atoms with Crippen molar-refractivity contribution in [3.8, 4) is 58.0 Å². The molecule has 0 fully saturated rings. The molecule has 6 aromatic carbocycles. The summed E-state index contributed by atoms with van der Waals surface area (Å²) >= 11 is 0. The third-order valence-corrected chi connectivity index (χ3v) is 17.2. The lowest BCUT2D eigenvalue weighted by molar-refractivity contribution is 0.0480. The van der Waals surface area contributed by atoms with Crippen LogP contribution >= 0.6 is 0 Å². The predicted molar refractivity (Wildman–Crippen MR) is 389 cm³/mol. The van der Waals surface area contributed by atoms with Crippen LogP contribution in [0.4, 0.5) is 9.59 Å². The molecule has 2 aromatic heterocycles. The Morgan fingerprint density at radius 2 is 0.798 bits per heavy atom. The van der Waals surface area contributed by atoms with Gasteiger partial charge in [0.05, 0.1) is 35.9 Å². The van der Waals surface area contributed by atoms with Crippen molar-refractivity contribution in [3.05, 3.63) is 173 Å². The Kier molecular flexibility index (Phi) is 20.0. The summed E-state index contributed by atoms with van der Waals surface area (Å²) in [5, 5.41) is 12.9. The van der Waals surface area contributed by atoms with Gasteiger partial charge in [-0.3, -0.25) is 9.98 Å². The van der Waals surface area contributed by atoms with E-state index in [4.69, 9.17) is 14.5 Å². The van der Waals surface area contributed by atoms with Crippen molar-refractivity contribution in [2.24, 2.45) is 31.6 Å². The first kappa shape index (κ1) is 68.9. The van der Waals surface area contributed by atoms with Gasteiger partial charge in [-0.1, -0.05) is 175 Å². The van der Waals surface area contributed by atoms with Gasteiger partial charge >= 0.3 is 12.2 Å². The quantitative estimate of drug-likeness (QED) is 0.105. The molecule has 4 atom stereocenters. The van der Waals surface area contributed by atoms with Gasteiger partial charge in [0.1, 0.15) is 22.9 Å². The zero-order chi connectivity index (χ0) is 68.3. The zero-order valence-corrected chi connectivity index (χ0v) is 58.8. The van der Waals surface area contributed by atoms with Crippen molar-refractivity contribution in [1.82, 2.24) is 30.6 Å². The second kappa shape index (κ2) is 27.3. The number of hydrogen-bond donors (Lipinski definition) is 4. The number of benzene rings is 6. The Hall–Kier alpha value is -9.44. The van der Waals surface area contributed by atoms with Crippen LogP contribution in [0.1, 0.15) is 197 Å². The van der Waals surface area contributed by atoms with Gasteiger partial charge in [0.2, 0.25) is 0 Å². The molecule has 2 aliphatic rings. The lowest BCUT2D eigenvalue weighted by Gasteiger charge is -2.32. The number of aromatic amines is 2. The minimum atomic E-state index is -0.570. The van der Waals surface area contributed by atoms with Crippen LogP contribution in [0.3, 0.4) is 0 Å². The highest BCUT2D eigenvalue weighted by molar-refractivity contribution is 6.04. The number of nitrogens with zero attached hydrogens (tertiary/aromatic N) is 4. The van der Waals surface area contributed by atoms with E-state index in [1.165, 1.54) is 0 Å². The SMILES string of the molecule is C[C@H](c1ncc(-c2ccc3cc(C#CC#Cc4ccc5cc(C6=CN=C([C@@H](NC(=O)OC(C)(C)C)C(C)(C)C)C6)ccc5c4)ccc3c2)[nH]1)C(C)(C)C.C[C@H](c1ncc(-c2ccc3cc(C#CC4=CN=C([C@@H](NC(=O)OC(C)(C)C)C(C)(C)C)C4)ccc3c2)[nH]1)C(C)(C)C. The van der Waals surface area contributed by atoms with Gasteiger partial charge in [0.15, 0.2) is 0 Å². The fourth-order valence-electron chi connectivity index (χ4n) is 11.0. The number of alkyl carbamates (subject to hydrolysis) is 2. The smallest absolute Gasteiger partial charge is 0.408 e. The van der Waals surface area contributed by atoms with Crippen LogP contribution in [0.2, 0.25) is 0 Å². The number of aromatic nitrogens is 4. The van der Waals surface area contributed by atoms with Crippen molar-refractivity contribution >= 4 is 61.5 Å². The number of ether oxygens (including phenoxy) is 2. The molecule has 2 aliphatic heterocycles. The molecule has 12 nitrogen and oxygen atoms in total. The molecule has 2 amide bonds. The monoisotopic (exact) mass is 1250 g/mol. The standard InChI is InChI=1S/C47H50N4O2.C35H44N4O2/c1-30(45(2,3)4)43-49-29-41(50-43)38-22-21-34-24-32(16-18-36(34)26-38)14-12-11-13-31-15-17-35-25-37(20-19-33(35)23-31)39-27-40(48-28-39)42(46(5,6)7)51-44(52)53-47(8,9)10;1-22(33(2,3)4)31-37-21-29(38-31)27-16-15-25-17-23(13-14-26(25)19-27)11-12-24-18-28(36-20-24)30(34(5,6)7)39-32(40)41-35(8,9)10/h15-26,28-30,42H,27H2,1-10H3,(H,49,50)(H,51,52);13-17,19-22,30H,18H2,1-10H3,(H,37,38)(H,39,40)/t30-,42-;22-,30-/m11/s1. The summed E-state index contributed by atoms with van der Waals surface area (Å²) < 4.78 is 11.0. The van der Waals surface area contributed by atoms with Crippen molar-refractivity contribution in [2.75, 3.05) is 0 Å². The fourth-order valence-corrected chi connectivity index (χ4v) is 11.0. The molecule has 12 heteroatoms. The van der Waals surface area contributed by atoms with E-state index in [9.17, 15) is 9.59 Å². The summed E-state index contributed by atoms with van der Waals surface area (Å²) in [6.07, 6.45) is 7.98. The van der Waals surface area contributed by atoms with E-state index in [0.29, 0.717) is 24.7 Å². The second-order valence-corrected chi connectivity index (χ2v) is 31.4. The molecule has 0 aliphatic carbocycles. The van der Waals surface area contributed by atoms with Gasteiger partial charge < -0.3 is 30.1 Å². The highest BCUT2D eigenvalue weighted by atomic mass is 16.6. The lowest BCUT2D eigenvalue weighted by atomic mass is 9.82. The zero-order valence-electron chi connectivity index (χ0n) is 58.8. The van der Waals surface area contributed by atoms with E-state index in [0.717, 1.165) is 111 Å². The van der Waals surface area contributed by atoms with Crippen molar-refractivity contribution < 1.29 is 19.1 Å². The number of hydrogen-bond acceptors (Lipinski definition) is 8. The maximum Gasteiger partial charge on any atom is 0.408 e. The Morgan fingerprint density at radius 1 is 0.436 bits per heavy atom. The number of H-pyrrole nitrogens is 2. The van der Waals surface area contributed by atoms with Gasteiger partial charge in [-0.15, -0.1) is 0 Å². The molecule has 0 bridgehead atoms. The first-order chi connectivity index (χ1) is 43.9. The molecule has 4 N–H and O–H groups in total. The second-order valence-electron chi connectivity index (χ2n) is 31.4. The summed E-state index contributed by atoms with van der Waals surface area (Å²) in [5.74, 6) is 21.8. The molecule has 0 saturated heterocycles. The molecule has 10 rings (SSSR count). The van der Waals surface area contributed by atoms with Gasteiger partial charge in [-0.05, 0) is 173 Å². The number of allylic oxidation sites excluding steroid dienone is 2. The van der Waals surface area contributed by atoms with Gasteiger partial charge in [0, 0.05) is 81.9 Å². The number of carbonyl (C=O) groups is 2. The van der Waals surface area contributed by atoms with Crippen molar-refractivity contribution in [1.29, 1.82) is 0 Å². The van der Waals surface area contributed by atoms with Crippen LogP contribution in [0.25, 0.3) is 60.4 Å². The molecular formula is C82H94N8O4. The Balaban J connectivity index is 0.000000229. The predicted octanol–water partition coefficient (Wildman–Crippen LogP) is 19.5. The molecule has 0 spiro atoms. The summed E-state index contributed by atoms with van der Waals surface area (Å²) in [7, 11) is 0. The molecule has 0 radical (unpaired) electrons. The van der Waals surface area contributed by atoms with Gasteiger partial charge in [0.25, 0.3) is 0 Å². The molecule has 94 heavy (non-hydrogen) atoms. The number of aliphatic imine (C=N–C) groups is 2. The number of carbonyl (C=O) groups excluding carboxylic acids is 2. The minimum Gasteiger partial charge on any atom is -0.444 e. The first-order valence-electron chi connectivity index (χ1n) is 32.7. The third kappa shape index (κ3) is 18.0. The van der Waals surface area contributed by atoms with Crippen LogP contribution in [0, 0.1) is 57.2 Å². The van der Waals surface area contributed by atoms with Crippen molar-refractivity contribution in [2.45, 2.75) is 186 Å². The van der Waals surface area contributed by atoms with E-state index in [-0.39, 0.29) is 33.7 Å². The molecular weight excluding hydrogens is 1160 g/mol. The Labute approximate surface area is 557 Å². The van der Waals surface area contributed by atoms with Crippen LogP contribution in [-0.4, -0.2) is 66.8 Å². The topological polar surface area (TPSA) is 159 Å². The highest BCUT2D eigenvalue weighted by Crippen LogP contribution is 2.37. The molecule has 4 heterocycles. The first-order valence-corrected chi connectivity index (χ1v) is 32.7. The van der Waals surface area contributed by atoms with Crippen LogP contribution < -0.4 is 10.6 Å². The van der Waals surface area contributed by atoms with E-state index in [1.54, 1.807) is 0 Å². The van der Waals surface area contributed by atoms with Gasteiger partial charge in [-0.25, -0.2) is 19.6 Å². The number of nitrogens with one attached hydrogen (secondary N) is 4. The maximum atomic E-state index is 12.6. The summed E-state index contributed by atoms with van der Waals surface area (Å²) in [6, 6.07) is 37.6. The third-order valence-electron chi connectivity index (χ3n) is 17.2. The van der Waals surface area contributed by atoms with Gasteiger partial charge in [-0.2, -0.15) is 0 Å². The normalized spacial score (nSPS) is 14.9. The number of rotatable bonds is 9. The Morgan fingerprint density at radius 3 is 1.20 bits per heavy atom. The largest absolute Gasteiger partial charge is 0.444 e. The molecule has 8 aromatic rings. The number of fused-ring (bicyclic) bond motifs is 3. The van der Waals surface area contributed by atoms with E-state index < -0.39 is 23.4 Å². The summed E-state index contributed by atoms with van der Waals surface area (Å²) in [6.45, 7) is 41.6. The van der Waals surface area contributed by atoms with E-state index in [2.05, 4.69) is 265 Å². The maximum absolute atomic E-state index is 12.6. The van der Waals surface area contributed by atoms with E-state index in [1.807, 2.05) is 78.5 Å². The Bertz CT molecular complexity index is 4510. The minimum absolute atomic E-state index is 0.138. The molecule has 486 valence electrons. The summed E-state index contributed by atoms with van der Waals surface area (Å²) in [4.78, 5) is 50.9. The average Bonchev–Trinajstić information content (AvgIpc) is 1.52. The number of imidazole rings is 2. The number of amides is 2. The van der Waals surface area contributed by atoms with Crippen LogP contribution in [-0.2, 0) is 9.47 Å². The van der Waals surface area contributed by atoms with Crippen molar-refractivity contribution in [3.63, 3.8) is 0 Å². The highest BCUT2D eigenvalue weighted by Gasteiger charge is 2.36. The van der Waals surface area contributed by atoms with E-state index >= 15 is 0 Å². The molecule has 0 unspecified atom stereocenters. The lowest BCUT2D eigenvalue weighted by Crippen LogP contribution is -2.50. The van der Waals surface area contributed by atoms with Crippen LogP contribution in [0.15, 0.2) is 150 Å². The van der Waals surface area contributed by atoms with Crippen LogP contribution in [0.5, 0.6) is 0 Å². The molecule has 0 saturated carbocycles.